The summed E-state index contributed by atoms with van der Waals surface area (Å²) in [5, 5.41) is 0.742. The second kappa shape index (κ2) is 5.94. The first-order valence-electron chi connectivity index (χ1n) is 5.86. The van der Waals surface area contributed by atoms with Crippen LogP contribution in [-0.4, -0.2) is 26.3 Å². The molecule has 0 aliphatic heterocycles. The molecule has 0 amide bonds. The van der Waals surface area contributed by atoms with Gasteiger partial charge in [-0.1, -0.05) is 11.6 Å². The molecule has 0 radical (unpaired) electrons. The summed E-state index contributed by atoms with van der Waals surface area (Å²) >= 11 is 12.0. The number of alkyl halides is 1. The van der Waals surface area contributed by atoms with Gasteiger partial charge in [0.15, 0.2) is 0 Å². The molecule has 2 nitrogen and oxygen atoms in total. The van der Waals surface area contributed by atoms with E-state index in [0.29, 0.717) is 11.9 Å². The normalized spacial score (nSPS) is 15.0. The number of rotatable bonds is 6. The minimum absolute atomic E-state index is 0.492. The van der Waals surface area contributed by atoms with Crippen molar-refractivity contribution >= 4 is 28.9 Å². The molecule has 0 N–H and O–H groups in total. The number of hydrogen-bond acceptors (Lipinski definition) is 2. The van der Waals surface area contributed by atoms with Crippen molar-refractivity contribution in [1.82, 2.24) is 0 Å². The molecular formula is C13H17Cl2NO. The van der Waals surface area contributed by atoms with Crippen molar-refractivity contribution in [2.75, 3.05) is 25.2 Å². The van der Waals surface area contributed by atoms with Gasteiger partial charge in [0.25, 0.3) is 0 Å². The smallest absolute Gasteiger partial charge is 0.0637 e. The van der Waals surface area contributed by atoms with Crippen molar-refractivity contribution in [2.24, 2.45) is 0 Å². The van der Waals surface area contributed by atoms with Gasteiger partial charge in [0.1, 0.15) is 0 Å². The maximum absolute atomic E-state index is 6.00. The molecule has 1 fully saturated rings. The molecule has 4 heteroatoms. The van der Waals surface area contributed by atoms with Gasteiger partial charge in [0.05, 0.1) is 6.61 Å². The molecule has 17 heavy (non-hydrogen) atoms. The van der Waals surface area contributed by atoms with Crippen LogP contribution in [-0.2, 0) is 10.6 Å². The first kappa shape index (κ1) is 13.0. The van der Waals surface area contributed by atoms with Crippen LogP contribution in [0.3, 0.4) is 0 Å². The average molecular weight is 274 g/mol. The fourth-order valence-electron chi connectivity index (χ4n) is 2.02. The van der Waals surface area contributed by atoms with E-state index in [4.69, 9.17) is 27.9 Å². The van der Waals surface area contributed by atoms with Crippen LogP contribution in [0.2, 0.25) is 5.02 Å². The van der Waals surface area contributed by atoms with E-state index in [1.165, 1.54) is 18.5 Å². The Balaban J connectivity index is 2.21. The molecule has 1 aromatic carbocycles. The van der Waals surface area contributed by atoms with Crippen molar-refractivity contribution in [3.8, 4) is 0 Å². The van der Waals surface area contributed by atoms with Crippen molar-refractivity contribution in [2.45, 2.75) is 24.8 Å². The molecule has 1 aliphatic rings. The Morgan fingerprint density at radius 3 is 2.76 bits per heavy atom. The molecule has 0 aromatic heterocycles. The molecule has 0 atom stereocenters. The van der Waals surface area contributed by atoms with Gasteiger partial charge in [-0.05, 0) is 36.6 Å². The third-order valence-corrected chi connectivity index (χ3v) is 3.54. The van der Waals surface area contributed by atoms with Crippen LogP contribution >= 0.6 is 23.2 Å². The Kier molecular flexibility index (Phi) is 4.55. The zero-order valence-electron chi connectivity index (χ0n) is 9.96. The van der Waals surface area contributed by atoms with Gasteiger partial charge in [-0.2, -0.15) is 0 Å². The van der Waals surface area contributed by atoms with E-state index in [-0.39, 0.29) is 0 Å². The van der Waals surface area contributed by atoms with Crippen LogP contribution < -0.4 is 4.90 Å². The van der Waals surface area contributed by atoms with Gasteiger partial charge >= 0.3 is 0 Å². The van der Waals surface area contributed by atoms with Crippen LogP contribution in [0.15, 0.2) is 18.2 Å². The van der Waals surface area contributed by atoms with Gasteiger partial charge in [0, 0.05) is 36.3 Å². The van der Waals surface area contributed by atoms with Gasteiger partial charge in [-0.25, -0.2) is 0 Å². The maximum atomic E-state index is 6.00. The minimum Gasteiger partial charge on any atom is -0.383 e. The van der Waals surface area contributed by atoms with Gasteiger partial charge in [-0.15, -0.1) is 11.6 Å². The van der Waals surface area contributed by atoms with E-state index in [9.17, 15) is 0 Å². The topological polar surface area (TPSA) is 12.5 Å². The highest BCUT2D eigenvalue weighted by atomic mass is 35.5. The zero-order chi connectivity index (χ0) is 12.3. The second-order valence-electron chi connectivity index (χ2n) is 4.32. The van der Waals surface area contributed by atoms with Crippen molar-refractivity contribution in [1.29, 1.82) is 0 Å². The fraction of sp³-hybridized carbons (Fsp3) is 0.538. The van der Waals surface area contributed by atoms with Crippen LogP contribution in [0.5, 0.6) is 0 Å². The molecule has 0 heterocycles. The maximum Gasteiger partial charge on any atom is 0.0637 e. The molecule has 1 aliphatic carbocycles. The lowest BCUT2D eigenvalue weighted by Gasteiger charge is -2.26. The predicted molar refractivity (Wildman–Crippen MR) is 73.3 cm³/mol. The highest BCUT2D eigenvalue weighted by Crippen LogP contribution is 2.35. The standard InChI is InChI=1S/C13H17Cl2NO/c1-17-7-6-16(12-3-4-12)13-5-2-11(15)8-10(13)9-14/h2,5,8,12H,3-4,6-7,9H2,1H3. The third kappa shape index (κ3) is 3.27. The lowest BCUT2D eigenvalue weighted by Crippen LogP contribution is -2.30. The molecule has 0 saturated heterocycles. The van der Waals surface area contributed by atoms with E-state index >= 15 is 0 Å². The van der Waals surface area contributed by atoms with E-state index in [1.54, 1.807) is 7.11 Å². The summed E-state index contributed by atoms with van der Waals surface area (Å²) in [6.07, 6.45) is 2.52. The first-order valence-corrected chi connectivity index (χ1v) is 6.77. The Morgan fingerprint density at radius 1 is 1.41 bits per heavy atom. The van der Waals surface area contributed by atoms with Crippen LogP contribution in [0.25, 0.3) is 0 Å². The van der Waals surface area contributed by atoms with Crippen molar-refractivity contribution in [3.63, 3.8) is 0 Å². The molecule has 1 aromatic rings. The highest BCUT2D eigenvalue weighted by molar-refractivity contribution is 6.30. The van der Waals surface area contributed by atoms with Gasteiger partial charge in [-0.3, -0.25) is 0 Å². The van der Waals surface area contributed by atoms with Crippen LogP contribution in [0.4, 0.5) is 5.69 Å². The molecule has 1 saturated carbocycles. The number of nitrogens with zero attached hydrogens (tertiary/aromatic N) is 1. The Morgan fingerprint density at radius 2 is 2.18 bits per heavy atom. The molecule has 0 spiro atoms. The molecule has 0 bridgehead atoms. The SMILES string of the molecule is COCCN(c1ccc(Cl)cc1CCl)C1CC1. The summed E-state index contributed by atoms with van der Waals surface area (Å²) in [6, 6.07) is 6.59. The number of benzene rings is 1. The van der Waals surface area contributed by atoms with Crippen LogP contribution in [0.1, 0.15) is 18.4 Å². The quantitative estimate of drug-likeness (QED) is 0.733. The number of anilines is 1. The minimum atomic E-state index is 0.492. The fourth-order valence-corrected chi connectivity index (χ4v) is 2.43. The summed E-state index contributed by atoms with van der Waals surface area (Å²) in [4.78, 5) is 2.39. The van der Waals surface area contributed by atoms with Crippen molar-refractivity contribution < 1.29 is 4.74 Å². The monoisotopic (exact) mass is 273 g/mol. The largest absolute Gasteiger partial charge is 0.383 e. The Labute approximate surface area is 112 Å². The Bertz CT molecular complexity index is 380. The lowest BCUT2D eigenvalue weighted by molar-refractivity contribution is 0.205. The predicted octanol–water partition coefficient (Wildman–Crippen LogP) is 3.69. The van der Waals surface area contributed by atoms with Gasteiger partial charge in [0.2, 0.25) is 0 Å². The van der Waals surface area contributed by atoms with E-state index in [2.05, 4.69) is 11.0 Å². The highest BCUT2D eigenvalue weighted by Gasteiger charge is 2.30. The van der Waals surface area contributed by atoms with E-state index in [1.807, 2.05) is 12.1 Å². The molecule has 0 unspecified atom stereocenters. The average Bonchev–Trinajstić information content (AvgIpc) is 3.15. The van der Waals surface area contributed by atoms with Gasteiger partial charge < -0.3 is 9.64 Å². The first-order chi connectivity index (χ1) is 8.26. The lowest BCUT2D eigenvalue weighted by atomic mass is 10.1. The summed E-state index contributed by atoms with van der Waals surface area (Å²) in [5.41, 5.74) is 2.30. The number of halogens is 2. The van der Waals surface area contributed by atoms with Crippen LogP contribution in [0, 0.1) is 0 Å². The van der Waals surface area contributed by atoms with Crippen molar-refractivity contribution in [3.05, 3.63) is 28.8 Å². The summed E-state index contributed by atoms with van der Waals surface area (Å²) < 4.78 is 5.17. The number of ether oxygens (including phenoxy) is 1. The Hall–Kier alpha value is -0.440. The summed E-state index contributed by atoms with van der Waals surface area (Å²) in [7, 11) is 1.73. The second-order valence-corrected chi connectivity index (χ2v) is 5.03. The molecule has 94 valence electrons. The molecular weight excluding hydrogens is 257 g/mol. The van der Waals surface area contributed by atoms with E-state index < -0.39 is 0 Å². The third-order valence-electron chi connectivity index (χ3n) is 3.02. The number of hydrogen-bond donors (Lipinski definition) is 0. The van der Waals surface area contributed by atoms with E-state index in [0.717, 1.165) is 23.7 Å². The zero-order valence-corrected chi connectivity index (χ0v) is 11.5. The summed E-state index contributed by atoms with van der Waals surface area (Å²) in [6.45, 7) is 1.65. The summed E-state index contributed by atoms with van der Waals surface area (Å²) in [5.74, 6) is 0.492. The molecule has 2 rings (SSSR count). The number of methoxy groups -OCH3 is 1.